The summed E-state index contributed by atoms with van der Waals surface area (Å²) in [6.45, 7) is 2.21. The van der Waals surface area contributed by atoms with E-state index in [0.29, 0.717) is 6.04 Å². The van der Waals surface area contributed by atoms with Crippen LogP contribution >= 0.6 is 0 Å². The first-order chi connectivity index (χ1) is 11.3. The van der Waals surface area contributed by atoms with E-state index >= 15 is 0 Å². The molecule has 1 unspecified atom stereocenters. The molecule has 1 aliphatic rings. The molecule has 4 nitrogen and oxygen atoms in total. The van der Waals surface area contributed by atoms with Crippen LogP contribution in [0.3, 0.4) is 0 Å². The summed E-state index contributed by atoms with van der Waals surface area (Å²) >= 11 is 0. The van der Waals surface area contributed by atoms with Crippen LogP contribution in [0.4, 0.5) is 0 Å². The van der Waals surface area contributed by atoms with Crippen molar-refractivity contribution in [2.24, 2.45) is 0 Å². The van der Waals surface area contributed by atoms with Gasteiger partial charge in [-0.3, -0.25) is 9.88 Å². The molecule has 1 aromatic heterocycles. The van der Waals surface area contributed by atoms with Gasteiger partial charge in [-0.2, -0.15) is 0 Å². The summed E-state index contributed by atoms with van der Waals surface area (Å²) < 4.78 is 10.8. The summed E-state index contributed by atoms with van der Waals surface area (Å²) in [5.74, 6) is 1.60. The molecule has 0 radical (unpaired) electrons. The molecule has 1 atom stereocenters. The summed E-state index contributed by atoms with van der Waals surface area (Å²) in [6, 6.07) is 10.9. The van der Waals surface area contributed by atoms with Crippen molar-refractivity contribution < 1.29 is 9.47 Å². The second-order valence-corrected chi connectivity index (χ2v) is 5.92. The highest BCUT2D eigenvalue weighted by atomic mass is 16.5. The Morgan fingerprint density at radius 3 is 2.78 bits per heavy atom. The summed E-state index contributed by atoms with van der Waals surface area (Å²) in [5, 5.41) is 0. The summed E-state index contributed by atoms with van der Waals surface area (Å²) in [7, 11) is 3.36. The van der Waals surface area contributed by atoms with Gasteiger partial charge >= 0.3 is 0 Å². The third-order valence-corrected chi connectivity index (χ3v) is 4.57. The van der Waals surface area contributed by atoms with Gasteiger partial charge < -0.3 is 9.47 Å². The summed E-state index contributed by atoms with van der Waals surface area (Å²) in [5.41, 5.74) is 2.61. The van der Waals surface area contributed by atoms with Crippen molar-refractivity contribution in [2.45, 2.75) is 25.3 Å². The molecule has 2 aromatic rings. The minimum Gasteiger partial charge on any atom is -0.493 e. The molecule has 0 spiro atoms. The van der Waals surface area contributed by atoms with Crippen molar-refractivity contribution in [3.8, 4) is 11.5 Å². The first-order valence-corrected chi connectivity index (χ1v) is 8.16. The van der Waals surface area contributed by atoms with Crippen LogP contribution in [0.2, 0.25) is 0 Å². The average molecular weight is 312 g/mol. The molecule has 122 valence electrons. The first kappa shape index (κ1) is 15.8. The fraction of sp³-hybridized carbons (Fsp3) is 0.421. The van der Waals surface area contributed by atoms with E-state index in [1.165, 1.54) is 24.0 Å². The lowest BCUT2D eigenvalue weighted by molar-refractivity contribution is 0.259. The average Bonchev–Trinajstić information content (AvgIpc) is 3.08. The minimum absolute atomic E-state index is 0.464. The van der Waals surface area contributed by atoms with Crippen LogP contribution in [0.15, 0.2) is 42.7 Å². The van der Waals surface area contributed by atoms with Crippen LogP contribution in [0, 0.1) is 0 Å². The molecule has 1 aliphatic heterocycles. The van der Waals surface area contributed by atoms with Gasteiger partial charge in [-0.25, -0.2) is 0 Å². The molecular weight excluding hydrogens is 288 g/mol. The predicted octanol–water partition coefficient (Wildman–Crippen LogP) is 3.48. The van der Waals surface area contributed by atoms with E-state index < -0.39 is 0 Å². The number of ether oxygens (including phenoxy) is 2. The molecule has 1 aromatic carbocycles. The Morgan fingerprint density at radius 1 is 1.17 bits per heavy atom. The number of likely N-dealkylation sites (tertiary alicyclic amines) is 1. The molecule has 0 amide bonds. The number of rotatable bonds is 6. The lowest BCUT2D eigenvalue weighted by Gasteiger charge is -2.25. The normalized spacial score (nSPS) is 18.1. The maximum Gasteiger partial charge on any atom is 0.161 e. The van der Waals surface area contributed by atoms with Crippen LogP contribution in [0.25, 0.3) is 0 Å². The Labute approximate surface area is 138 Å². The van der Waals surface area contributed by atoms with Crippen molar-refractivity contribution in [3.05, 3.63) is 53.9 Å². The molecule has 0 saturated carbocycles. The van der Waals surface area contributed by atoms with Crippen LogP contribution in [-0.4, -0.2) is 37.2 Å². The Balaban J connectivity index is 1.71. The highest BCUT2D eigenvalue weighted by Crippen LogP contribution is 2.36. The second kappa shape index (κ2) is 7.47. The van der Waals surface area contributed by atoms with Gasteiger partial charge in [-0.15, -0.1) is 0 Å². The number of aromatic nitrogens is 1. The Bertz CT molecular complexity index is 631. The Hall–Kier alpha value is -2.07. The zero-order valence-corrected chi connectivity index (χ0v) is 13.9. The van der Waals surface area contributed by atoms with E-state index in [0.717, 1.165) is 31.0 Å². The SMILES string of the molecule is COc1ccc(C2CCCN2CCc2cccnc2)cc1OC. The molecule has 0 aliphatic carbocycles. The lowest BCUT2D eigenvalue weighted by atomic mass is 10.0. The molecule has 1 saturated heterocycles. The van der Waals surface area contributed by atoms with Gasteiger partial charge in [0.05, 0.1) is 14.2 Å². The second-order valence-electron chi connectivity index (χ2n) is 5.92. The Morgan fingerprint density at radius 2 is 2.04 bits per heavy atom. The maximum absolute atomic E-state index is 5.45. The fourth-order valence-corrected chi connectivity index (χ4v) is 3.35. The quantitative estimate of drug-likeness (QED) is 0.818. The largest absolute Gasteiger partial charge is 0.493 e. The molecule has 3 rings (SSSR count). The molecule has 23 heavy (non-hydrogen) atoms. The van der Waals surface area contributed by atoms with Gasteiger partial charge in [0.25, 0.3) is 0 Å². The molecule has 4 heteroatoms. The number of methoxy groups -OCH3 is 2. The molecular formula is C19H24N2O2. The van der Waals surface area contributed by atoms with E-state index in [2.05, 4.69) is 28.1 Å². The number of hydrogen-bond acceptors (Lipinski definition) is 4. The molecule has 1 fully saturated rings. The monoisotopic (exact) mass is 312 g/mol. The molecule has 0 N–H and O–H groups in total. The van der Waals surface area contributed by atoms with Crippen LogP contribution < -0.4 is 9.47 Å². The highest BCUT2D eigenvalue weighted by molar-refractivity contribution is 5.44. The zero-order chi connectivity index (χ0) is 16.1. The van der Waals surface area contributed by atoms with Crippen LogP contribution in [-0.2, 0) is 6.42 Å². The Kier molecular flexibility index (Phi) is 5.13. The summed E-state index contributed by atoms with van der Waals surface area (Å²) in [6.07, 6.45) is 7.26. The van der Waals surface area contributed by atoms with Gasteiger partial charge in [-0.1, -0.05) is 12.1 Å². The van der Waals surface area contributed by atoms with E-state index in [1.807, 2.05) is 24.5 Å². The van der Waals surface area contributed by atoms with E-state index in [4.69, 9.17) is 9.47 Å². The van der Waals surface area contributed by atoms with E-state index in [-0.39, 0.29) is 0 Å². The van der Waals surface area contributed by atoms with Gasteiger partial charge in [-0.05, 0) is 55.1 Å². The standard InChI is InChI=1S/C19H24N2O2/c1-22-18-8-7-16(13-19(18)23-2)17-6-4-11-21(17)12-9-15-5-3-10-20-14-15/h3,5,7-8,10,13-14,17H,4,6,9,11-12H2,1-2H3. The van der Waals surface area contributed by atoms with Crippen molar-refractivity contribution in [2.75, 3.05) is 27.3 Å². The van der Waals surface area contributed by atoms with Gasteiger partial charge in [0.15, 0.2) is 11.5 Å². The smallest absolute Gasteiger partial charge is 0.161 e. The van der Waals surface area contributed by atoms with Crippen molar-refractivity contribution >= 4 is 0 Å². The topological polar surface area (TPSA) is 34.6 Å². The van der Waals surface area contributed by atoms with Crippen LogP contribution in [0.5, 0.6) is 11.5 Å². The lowest BCUT2D eigenvalue weighted by Crippen LogP contribution is -2.25. The number of pyridine rings is 1. The third-order valence-electron chi connectivity index (χ3n) is 4.57. The van der Waals surface area contributed by atoms with Crippen LogP contribution in [0.1, 0.15) is 30.0 Å². The van der Waals surface area contributed by atoms with E-state index in [1.54, 1.807) is 14.2 Å². The number of nitrogens with zero attached hydrogens (tertiary/aromatic N) is 2. The van der Waals surface area contributed by atoms with Gasteiger partial charge in [0, 0.05) is 25.0 Å². The first-order valence-electron chi connectivity index (χ1n) is 8.16. The van der Waals surface area contributed by atoms with Gasteiger partial charge in [0.1, 0.15) is 0 Å². The zero-order valence-electron chi connectivity index (χ0n) is 13.9. The third kappa shape index (κ3) is 3.64. The van der Waals surface area contributed by atoms with Crippen molar-refractivity contribution in [3.63, 3.8) is 0 Å². The highest BCUT2D eigenvalue weighted by Gasteiger charge is 2.26. The van der Waals surface area contributed by atoms with Crippen molar-refractivity contribution in [1.29, 1.82) is 0 Å². The predicted molar refractivity (Wildman–Crippen MR) is 91.0 cm³/mol. The molecule has 2 heterocycles. The number of hydrogen-bond donors (Lipinski definition) is 0. The molecule has 0 bridgehead atoms. The maximum atomic E-state index is 5.45. The summed E-state index contributed by atoms with van der Waals surface area (Å²) in [4.78, 5) is 6.76. The fourth-order valence-electron chi connectivity index (χ4n) is 3.35. The van der Waals surface area contributed by atoms with Crippen molar-refractivity contribution in [1.82, 2.24) is 9.88 Å². The number of benzene rings is 1. The van der Waals surface area contributed by atoms with E-state index in [9.17, 15) is 0 Å². The minimum atomic E-state index is 0.464. The van der Waals surface area contributed by atoms with Gasteiger partial charge in [0.2, 0.25) is 0 Å².